The molecule has 1 heterocycles. The molecule has 1 saturated carbocycles. The number of rotatable bonds is 5. The largest absolute Gasteiger partial charge is 0.480 e. The number of carbonyl (C=O) groups excluding carboxylic acids is 1. The van der Waals surface area contributed by atoms with Crippen molar-refractivity contribution in [2.24, 2.45) is 11.3 Å². The van der Waals surface area contributed by atoms with Crippen LogP contribution in [-0.2, 0) is 16.1 Å². The lowest BCUT2D eigenvalue weighted by molar-refractivity contribution is -0.137. The minimum Gasteiger partial charge on any atom is -0.480 e. The molecule has 1 aromatic heterocycles. The Hall–Kier alpha value is -1.85. The number of hydrogen-bond donors (Lipinski definition) is 2. The zero-order valence-electron chi connectivity index (χ0n) is 12.6. The maximum atomic E-state index is 12.0. The zero-order chi connectivity index (χ0) is 15.5. The van der Waals surface area contributed by atoms with Crippen molar-refractivity contribution in [1.82, 2.24) is 9.78 Å². The highest BCUT2D eigenvalue weighted by Gasteiger charge is 2.27. The summed E-state index contributed by atoms with van der Waals surface area (Å²) >= 11 is 0. The van der Waals surface area contributed by atoms with Crippen LogP contribution in [0.1, 0.15) is 46.0 Å². The molecule has 21 heavy (non-hydrogen) atoms. The normalized spacial score (nSPS) is 18.4. The van der Waals surface area contributed by atoms with E-state index in [1.807, 2.05) is 0 Å². The van der Waals surface area contributed by atoms with Crippen molar-refractivity contribution < 1.29 is 14.7 Å². The molecule has 2 N–H and O–H groups in total. The number of nitrogens with zero attached hydrogens (tertiary/aromatic N) is 2. The van der Waals surface area contributed by atoms with Crippen LogP contribution < -0.4 is 5.32 Å². The molecule has 0 unspecified atom stereocenters. The highest BCUT2D eigenvalue weighted by Crippen LogP contribution is 2.39. The van der Waals surface area contributed by atoms with E-state index >= 15 is 0 Å². The number of carboxylic acid groups (broad SMARTS) is 1. The summed E-state index contributed by atoms with van der Waals surface area (Å²) in [5.41, 5.74) is 0.405. The Bertz CT molecular complexity index is 512. The Kier molecular flexibility index (Phi) is 4.65. The van der Waals surface area contributed by atoms with Crippen LogP contribution in [0.2, 0.25) is 0 Å². The maximum Gasteiger partial charge on any atom is 0.325 e. The van der Waals surface area contributed by atoms with Crippen LogP contribution in [0.15, 0.2) is 12.3 Å². The van der Waals surface area contributed by atoms with Gasteiger partial charge in [-0.25, -0.2) is 0 Å². The average molecular weight is 293 g/mol. The molecule has 0 aromatic carbocycles. The van der Waals surface area contributed by atoms with E-state index in [9.17, 15) is 9.59 Å². The lowest BCUT2D eigenvalue weighted by atomic mass is 9.72. The maximum absolute atomic E-state index is 12.0. The van der Waals surface area contributed by atoms with Crippen LogP contribution in [0.5, 0.6) is 0 Å². The number of anilines is 1. The van der Waals surface area contributed by atoms with E-state index in [4.69, 9.17) is 5.11 Å². The first kappa shape index (κ1) is 15.5. The molecule has 6 heteroatoms. The molecule has 1 aromatic rings. The molecular formula is C15H23N3O3. The van der Waals surface area contributed by atoms with Gasteiger partial charge in [0.15, 0.2) is 5.82 Å². The van der Waals surface area contributed by atoms with Gasteiger partial charge in [-0.2, -0.15) is 5.10 Å². The molecule has 0 saturated heterocycles. The van der Waals surface area contributed by atoms with Gasteiger partial charge in [-0.1, -0.05) is 13.8 Å². The summed E-state index contributed by atoms with van der Waals surface area (Å²) in [6.07, 6.45) is 6.58. The van der Waals surface area contributed by atoms with Crippen molar-refractivity contribution in [2.45, 2.75) is 52.5 Å². The van der Waals surface area contributed by atoms with Crippen molar-refractivity contribution in [1.29, 1.82) is 0 Å². The summed E-state index contributed by atoms with van der Waals surface area (Å²) in [6.45, 7) is 4.35. The topological polar surface area (TPSA) is 84.2 Å². The fourth-order valence-electron chi connectivity index (χ4n) is 2.77. The van der Waals surface area contributed by atoms with Gasteiger partial charge < -0.3 is 10.4 Å². The van der Waals surface area contributed by atoms with Crippen molar-refractivity contribution in [3.05, 3.63) is 12.3 Å². The molecule has 1 aliphatic carbocycles. The summed E-state index contributed by atoms with van der Waals surface area (Å²) < 4.78 is 1.29. The predicted octanol–water partition coefficient (Wildman–Crippen LogP) is 2.51. The second-order valence-corrected chi connectivity index (χ2v) is 6.65. The minimum absolute atomic E-state index is 0.0414. The molecule has 0 atom stereocenters. The van der Waals surface area contributed by atoms with E-state index in [0.29, 0.717) is 23.6 Å². The van der Waals surface area contributed by atoms with E-state index in [2.05, 4.69) is 24.3 Å². The first-order valence-electron chi connectivity index (χ1n) is 7.39. The van der Waals surface area contributed by atoms with Crippen molar-refractivity contribution in [3.8, 4) is 0 Å². The molecule has 1 aliphatic rings. The number of carbonyl (C=O) groups is 2. The first-order chi connectivity index (χ1) is 9.84. The van der Waals surface area contributed by atoms with Crippen molar-refractivity contribution in [2.75, 3.05) is 5.32 Å². The lowest BCUT2D eigenvalue weighted by Gasteiger charge is -2.33. The number of hydrogen-bond acceptors (Lipinski definition) is 3. The summed E-state index contributed by atoms with van der Waals surface area (Å²) in [4.78, 5) is 22.6. The fraction of sp³-hybridized carbons (Fsp3) is 0.667. The molecule has 1 fully saturated rings. The quantitative estimate of drug-likeness (QED) is 0.873. The van der Waals surface area contributed by atoms with Crippen LogP contribution in [0.25, 0.3) is 0 Å². The molecule has 1 amide bonds. The SMILES string of the molecule is CC1(C)CCC(CC(=O)Nc2ccn(CC(=O)O)n2)CC1. The highest BCUT2D eigenvalue weighted by atomic mass is 16.4. The van der Waals surface area contributed by atoms with Crippen LogP contribution in [0.3, 0.4) is 0 Å². The molecule has 0 radical (unpaired) electrons. The average Bonchev–Trinajstić information content (AvgIpc) is 2.78. The van der Waals surface area contributed by atoms with Crippen molar-refractivity contribution in [3.63, 3.8) is 0 Å². The zero-order valence-corrected chi connectivity index (χ0v) is 12.6. The summed E-state index contributed by atoms with van der Waals surface area (Å²) in [5, 5.41) is 15.4. The van der Waals surface area contributed by atoms with Gasteiger partial charge >= 0.3 is 5.97 Å². The first-order valence-corrected chi connectivity index (χ1v) is 7.39. The Morgan fingerprint density at radius 1 is 1.43 bits per heavy atom. The van der Waals surface area contributed by atoms with Gasteiger partial charge in [-0.15, -0.1) is 0 Å². The van der Waals surface area contributed by atoms with Crippen LogP contribution in [-0.4, -0.2) is 26.8 Å². The van der Waals surface area contributed by atoms with Gasteiger partial charge in [0.25, 0.3) is 0 Å². The van der Waals surface area contributed by atoms with Gasteiger partial charge in [-0.3, -0.25) is 14.3 Å². The summed E-state index contributed by atoms with van der Waals surface area (Å²) in [7, 11) is 0. The Balaban J connectivity index is 1.79. The molecule has 2 rings (SSSR count). The van der Waals surface area contributed by atoms with Gasteiger partial charge in [0.05, 0.1) is 0 Å². The van der Waals surface area contributed by atoms with Gasteiger partial charge in [0, 0.05) is 18.7 Å². The van der Waals surface area contributed by atoms with Gasteiger partial charge in [-0.05, 0) is 37.0 Å². The Labute approximate surface area is 124 Å². The van der Waals surface area contributed by atoms with Gasteiger partial charge in [0.2, 0.25) is 5.91 Å². The molecular weight excluding hydrogens is 270 g/mol. The van der Waals surface area contributed by atoms with Crippen LogP contribution in [0.4, 0.5) is 5.82 Å². The number of nitrogens with one attached hydrogen (secondary N) is 1. The molecule has 116 valence electrons. The minimum atomic E-state index is -0.958. The van der Waals surface area contributed by atoms with E-state index in [1.54, 1.807) is 12.3 Å². The lowest BCUT2D eigenvalue weighted by Crippen LogP contribution is -2.25. The third-order valence-corrected chi connectivity index (χ3v) is 4.14. The van der Waals surface area contributed by atoms with Crippen LogP contribution in [0, 0.1) is 11.3 Å². The fourth-order valence-corrected chi connectivity index (χ4v) is 2.77. The number of amides is 1. The van der Waals surface area contributed by atoms with Crippen molar-refractivity contribution >= 4 is 17.7 Å². The highest BCUT2D eigenvalue weighted by molar-refractivity contribution is 5.89. The second kappa shape index (κ2) is 6.28. The number of carboxylic acids is 1. The summed E-state index contributed by atoms with van der Waals surface area (Å²) in [5.74, 6) is -0.141. The Morgan fingerprint density at radius 3 is 2.71 bits per heavy atom. The third-order valence-electron chi connectivity index (χ3n) is 4.14. The van der Waals surface area contributed by atoms with E-state index < -0.39 is 5.97 Å². The second-order valence-electron chi connectivity index (χ2n) is 6.65. The standard InChI is InChI=1S/C15H23N3O3/c1-15(2)6-3-11(4-7-15)9-13(19)16-12-5-8-18(17-12)10-14(20)21/h5,8,11H,3-4,6-7,9-10H2,1-2H3,(H,20,21)(H,16,17,19). The molecule has 0 bridgehead atoms. The monoisotopic (exact) mass is 293 g/mol. The van der Waals surface area contributed by atoms with E-state index in [0.717, 1.165) is 25.7 Å². The Morgan fingerprint density at radius 2 is 2.10 bits per heavy atom. The van der Waals surface area contributed by atoms with E-state index in [-0.39, 0.29) is 12.5 Å². The smallest absolute Gasteiger partial charge is 0.325 e. The van der Waals surface area contributed by atoms with E-state index in [1.165, 1.54) is 4.68 Å². The number of aromatic nitrogens is 2. The van der Waals surface area contributed by atoms with Gasteiger partial charge in [0.1, 0.15) is 6.54 Å². The van der Waals surface area contributed by atoms with Crippen LogP contribution >= 0.6 is 0 Å². The molecule has 0 aliphatic heterocycles. The third kappa shape index (κ3) is 4.88. The molecule has 0 spiro atoms. The predicted molar refractivity (Wildman–Crippen MR) is 78.8 cm³/mol. The summed E-state index contributed by atoms with van der Waals surface area (Å²) in [6, 6.07) is 1.62. The number of aliphatic carboxylic acids is 1. The molecule has 6 nitrogen and oxygen atoms in total.